The predicted octanol–water partition coefficient (Wildman–Crippen LogP) is 5.43. The van der Waals surface area contributed by atoms with Crippen LogP contribution in [-0.4, -0.2) is 4.98 Å². The SMILES string of the molecule is CC(Nc1cnc(Cl)c(Br)c1)c1cccc(Br)c1. The van der Waals surface area contributed by atoms with Crippen LogP contribution in [0.3, 0.4) is 0 Å². The molecule has 1 aromatic carbocycles. The normalized spacial score (nSPS) is 12.2. The summed E-state index contributed by atoms with van der Waals surface area (Å²) in [6, 6.07) is 10.3. The molecule has 0 fully saturated rings. The molecule has 1 heterocycles. The number of nitrogens with zero attached hydrogens (tertiary/aromatic N) is 1. The second-order valence-corrected chi connectivity index (χ2v) is 6.05. The number of hydrogen-bond donors (Lipinski definition) is 1. The molecule has 0 saturated carbocycles. The zero-order chi connectivity index (χ0) is 13.1. The summed E-state index contributed by atoms with van der Waals surface area (Å²) in [4.78, 5) is 4.09. The molecular weight excluding hydrogens is 379 g/mol. The summed E-state index contributed by atoms with van der Waals surface area (Å²) in [6.07, 6.45) is 1.72. The van der Waals surface area contributed by atoms with E-state index in [0.717, 1.165) is 14.6 Å². The number of benzene rings is 1. The Balaban J connectivity index is 2.16. The molecule has 0 saturated heterocycles. The smallest absolute Gasteiger partial charge is 0.143 e. The van der Waals surface area contributed by atoms with E-state index in [9.17, 15) is 0 Å². The maximum atomic E-state index is 5.86. The molecule has 1 N–H and O–H groups in total. The third-order valence-corrected chi connectivity index (χ3v) is 4.16. The second-order valence-electron chi connectivity index (χ2n) is 3.92. The fourth-order valence-electron chi connectivity index (χ4n) is 1.61. The van der Waals surface area contributed by atoms with Gasteiger partial charge in [-0.25, -0.2) is 4.98 Å². The van der Waals surface area contributed by atoms with Gasteiger partial charge < -0.3 is 5.32 Å². The lowest BCUT2D eigenvalue weighted by Crippen LogP contribution is -2.06. The third kappa shape index (κ3) is 3.46. The molecular formula is C13H11Br2ClN2. The molecule has 1 aromatic heterocycles. The van der Waals surface area contributed by atoms with Crippen LogP contribution >= 0.6 is 43.5 Å². The first kappa shape index (κ1) is 13.8. The average molecular weight is 391 g/mol. The summed E-state index contributed by atoms with van der Waals surface area (Å²) in [7, 11) is 0. The molecule has 0 aliphatic heterocycles. The first-order valence-electron chi connectivity index (χ1n) is 5.39. The van der Waals surface area contributed by atoms with Crippen molar-refractivity contribution in [2.45, 2.75) is 13.0 Å². The molecule has 2 aromatic rings. The highest BCUT2D eigenvalue weighted by molar-refractivity contribution is 9.10. The topological polar surface area (TPSA) is 24.9 Å². The number of nitrogens with one attached hydrogen (secondary N) is 1. The maximum Gasteiger partial charge on any atom is 0.143 e. The van der Waals surface area contributed by atoms with Crippen molar-refractivity contribution in [2.24, 2.45) is 0 Å². The Bertz CT molecular complexity index is 560. The number of pyridine rings is 1. The third-order valence-electron chi connectivity index (χ3n) is 2.53. The molecule has 0 amide bonds. The summed E-state index contributed by atoms with van der Waals surface area (Å²) in [5, 5.41) is 3.85. The van der Waals surface area contributed by atoms with Crippen molar-refractivity contribution in [3.05, 3.63) is 56.2 Å². The molecule has 2 rings (SSSR count). The second kappa shape index (κ2) is 6.04. The minimum atomic E-state index is 0.192. The molecule has 1 unspecified atom stereocenters. The van der Waals surface area contributed by atoms with E-state index in [4.69, 9.17) is 11.6 Å². The zero-order valence-electron chi connectivity index (χ0n) is 9.62. The number of anilines is 1. The van der Waals surface area contributed by atoms with E-state index in [1.54, 1.807) is 6.20 Å². The summed E-state index contributed by atoms with van der Waals surface area (Å²) >= 11 is 12.7. The lowest BCUT2D eigenvalue weighted by Gasteiger charge is -2.16. The highest BCUT2D eigenvalue weighted by Crippen LogP contribution is 2.26. The number of aromatic nitrogens is 1. The lowest BCUT2D eigenvalue weighted by molar-refractivity contribution is 0.881. The Morgan fingerprint density at radius 1 is 1.28 bits per heavy atom. The van der Waals surface area contributed by atoms with Crippen LogP contribution in [0.5, 0.6) is 0 Å². The van der Waals surface area contributed by atoms with Crippen molar-refractivity contribution < 1.29 is 0 Å². The molecule has 18 heavy (non-hydrogen) atoms. The van der Waals surface area contributed by atoms with Gasteiger partial charge >= 0.3 is 0 Å². The molecule has 2 nitrogen and oxygen atoms in total. The molecule has 0 bridgehead atoms. The fourth-order valence-corrected chi connectivity index (χ4v) is 2.48. The Morgan fingerprint density at radius 2 is 2.06 bits per heavy atom. The monoisotopic (exact) mass is 388 g/mol. The van der Waals surface area contributed by atoms with E-state index < -0.39 is 0 Å². The highest BCUT2D eigenvalue weighted by atomic mass is 79.9. The van der Waals surface area contributed by atoms with Crippen molar-refractivity contribution in [2.75, 3.05) is 5.32 Å². The Labute approximate surface area is 128 Å². The highest BCUT2D eigenvalue weighted by Gasteiger charge is 2.07. The Hall–Kier alpha value is -0.580. The van der Waals surface area contributed by atoms with Crippen LogP contribution in [0, 0.1) is 0 Å². The minimum absolute atomic E-state index is 0.192. The number of halogens is 3. The molecule has 5 heteroatoms. The molecule has 1 atom stereocenters. The first-order valence-corrected chi connectivity index (χ1v) is 7.35. The van der Waals surface area contributed by atoms with Gasteiger partial charge in [-0.2, -0.15) is 0 Å². The van der Waals surface area contributed by atoms with Crippen LogP contribution in [-0.2, 0) is 0 Å². The standard InChI is InChI=1S/C13H11Br2ClN2/c1-8(9-3-2-4-10(14)5-9)18-11-6-12(15)13(16)17-7-11/h2-8,18H,1H3. The van der Waals surface area contributed by atoms with Gasteiger partial charge in [-0.05, 0) is 46.6 Å². The van der Waals surface area contributed by atoms with E-state index in [-0.39, 0.29) is 6.04 Å². The Kier molecular flexibility index (Phi) is 4.65. The van der Waals surface area contributed by atoms with E-state index in [1.807, 2.05) is 18.2 Å². The molecule has 0 aliphatic rings. The molecule has 0 spiro atoms. The van der Waals surface area contributed by atoms with Gasteiger partial charge in [0.15, 0.2) is 0 Å². The van der Waals surface area contributed by atoms with Crippen LogP contribution in [0.15, 0.2) is 45.5 Å². The number of hydrogen-bond acceptors (Lipinski definition) is 2. The van der Waals surface area contributed by atoms with Gasteiger partial charge in [0.2, 0.25) is 0 Å². The first-order chi connectivity index (χ1) is 8.56. The van der Waals surface area contributed by atoms with Crippen LogP contribution in [0.25, 0.3) is 0 Å². The summed E-state index contributed by atoms with van der Waals surface area (Å²) in [6.45, 7) is 2.10. The van der Waals surface area contributed by atoms with E-state index in [2.05, 4.69) is 61.2 Å². The van der Waals surface area contributed by atoms with Crippen LogP contribution in [0.4, 0.5) is 5.69 Å². The predicted molar refractivity (Wildman–Crippen MR) is 83.1 cm³/mol. The van der Waals surface area contributed by atoms with Crippen LogP contribution in [0.2, 0.25) is 5.15 Å². The van der Waals surface area contributed by atoms with Crippen molar-refractivity contribution in [3.8, 4) is 0 Å². The van der Waals surface area contributed by atoms with Crippen molar-refractivity contribution >= 4 is 49.1 Å². The minimum Gasteiger partial charge on any atom is -0.377 e. The zero-order valence-corrected chi connectivity index (χ0v) is 13.6. The lowest BCUT2D eigenvalue weighted by atomic mass is 10.1. The largest absolute Gasteiger partial charge is 0.377 e. The van der Waals surface area contributed by atoms with E-state index >= 15 is 0 Å². The summed E-state index contributed by atoms with van der Waals surface area (Å²) < 4.78 is 1.86. The van der Waals surface area contributed by atoms with Crippen LogP contribution in [0.1, 0.15) is 18.5 Å². The van der Waals surface area contributed by atoms with Crippen molar-refractivity contribution in [1.82, 2.24) is 4.98 Å². The van der Waals surface area contributed by atoms with Gasteiger partial charge in [0.05, 0.1) is 16.4 Å². The average Bonchev–Trinajstić information content (AvgIpc) is 2.34. The molecule has 0 radical (unpaired) electrons. The van der Waals surface area contributed by atoms with Gasteiger partial charge in [-0.3, -0.25) is 0 Å². The fraction of sp³-hybridized carbons (Fsp3) is 0.154. The van der Waals surface area contributed by atoms with Gasteiger partial charge in [0.1, 0.15) is 5.15 Å². The summed E-state index contributed by atoms with van der Waals surface area (Å²) in [5.41, 5.74) is 2.13. The quantitative estimate of drug-likeness (QED) is 0.707. The Morgan fingerprint density at radius 3 is 2.72 bits per heavy atom. The maximum absolute atomic E-state index is 5.86. The van der Waals surface area contributed by atoms with E-state index in [1.165, 1.54) is 5.56 Å². The van der Waals surface area contributed by atoms with Gasteiger partial charge in [-0.15, -0.1) is 0 Å². The van der Waals surface area contributed by atoms with Crippen molar-refractivity contribution in [3.63, 3.8) is 0 Å². The van der Waals surface area contributed by atoms with Gasteiger partial charge in [-0.1, -0.05) is 39.7 Å². The molecule has 94 valence electrons. The van der Waals surface area contributed by atoms with Crippen molar-refractivity contribution in [1.29, 1.82) is 0 Å². The van der Waals surface area contributed by atoms with Gasteiger partial charge in [0.25, 0.3) is 0 Å². The van der Waals surface area contributed by atoms with Crippen LogP contribution < -0.4 is 5.32 Å². The van der Waals surface area contributed by atoms with E-state index in [0.29, 0.717) is 5.15 Å². The number of rotatable bonds is 3. The summed E-state index contributed by atoms with van der Waals surface area (Å²) in [5.74, 6) is 0. The molecule has 0 aliphatic carbocycles. The van der Waals surface area contributed by atoms with Gasteiger partial charge in [0, 0.05) is 10.5 Å².